The van der Waals surface area contributed by atoms with Crippen molar-refractivity contribution in [3.8, 4) is 0 Å². The molecule has 1 aliphatic carbocycles. The van der Waals surface area contributed by atoms with Crippen molar-refractivity contribution in [3.05, 3.63) is 35.0 Å². The molecule has 0 bridgehead atoms. The summed E-state index contributed by atoms with van der Waals surface area (Å²) < 4.78 is 5.59. The van der Waals surface area contributed by atoms with E-state index in [1.165, 1.54) is 0 Å². The number of rotatable bonds is 2. The number of furan rings is 1. The van der Waals surface area contributed by atoms with E-state index in [-0.39, 0.29) is 17.7 Å². The summed E-state index contributed by atoms with van der Waals surface area (Å²) in [4.78, 5) is 12.3. The van der Waals surface area contributed by atoms with Crippen molar-refractivity contribution >= 4 is 28.4 Å². The van der Waals surface area contributed by atoms with Crippen LogP contribution in [0.4, 0.5) is 0 Å². The monoisotopic (exact) mass is 263 g/mol. The Labute approximate surface area is 110 Å². The average molecular weight is 264 g/mol. The minimum atomic E-state index is -0.000613. The summed E-state index contributed by atoms with van der Waals surface area (Å²) in [6, 6.07) is 7.41. The molecule has 1 aliphatic rings. The fourth-order valence-corrected chi connectivity index (χ4v) is 2.83. The summed E-state index contributed by atoms with van der Waals surface area (Å²) in [5.74, 6) is 0.451. The van der Waals surface area contributed by atoms with Gasteiger partial charge in [-0.25, -0.2) is 0 Å². The highest BCUT2D eigenvalue weighted by Crippen LogP contribution is 2.31. The summed E-state index contributed by atoms with van der Waals surface area (Å²) >= 11 is 6.03. The number of ketones is 1. The predicted octanol–water partition coefficient (Wildman–Crippen LogP) is 3.40. The van der Waals surface area contributed by atoms with Gasteiger partial charge in [0.25, 0.3) is 0 Å². The minimum absolute atomic E-state index is 0.000613. The first-order valence-corrected chi connectivity index (χ1v) is 6.51. The van der Waals surface area contributed by atoms with Crippen LogP contribution < -0.4 is 5.73 Å². The van der Waals surface area contributed by atoms with Gasteiger partial charge in [-0.15, -0.1) is 0 Å². The van der Waals surface area contributed by atoms with Gasteiger partial charge in [0.05, 0.1) is 5.02 Å². The molecule has 1 aromatic heterocycles. The zero-order chi connectivity index (χ0) is 12.7. The molecule has 0 radical (unpaired) electrons. The van der Waals surface area contributed by atoms with Gasteiger partial charge >= 0.3 is 0 Å². The molecule has 2 aromatic rings. The smallest absolute Gasteiger partial charge is 0.201 e. The van der Waals surface area contributed by atoms with Crippen molar-refractivity contribution in [2.45, 2.75) is 25.3 Å². The van der Waals surface area contributed by atoms with Crippen LogP contribution in [0.3, 0.4) is 0 Å². The van der Waals surface area contributed by atoms with Crippen LogP contribution in [0.25, 0.3) is 11.0 Å². The van der Waals surface area contributed by atoms with Crippen LogP contribution >= 0.6 is 11.6 Å². The van der Waals surface area contributed by atoms with E-state index in [1.54, 1.807) is 12.1 Å². The minimum Gasteiger partial charge on any atom is -0.451 e. The van der Waals surface area contributed by atoms with Crippen molar-refractivity contribution in [1.82, 2.24) is 0 Å². The third-order valence-electron chi connectivity index (χ3n) is 3.58. The lowest BCUT2D eigenvalue weighted by Gasteiger charge is -2.04. The van der Waals surface area contributed by atoms with Crippen LogP contribution in [-0.4, -0.2) is 11.8 Å². The van der Waals surface area contributed by atoms with Gasteiger partial charge in [0, 0.05) is 17.3 Å². The van der Waals surface area contributed by atoms with E-state index >= 15 is 0 Å². The van der Waals surface area contributed by atoms with E-state index in [2.05, 4.69) is 0 Å². The Bertz CT molecular complexity index is 605. The van der Waals surface area contributed by atoms with Crippen molar-refractivity contribution in [1.29, 1.82) is 0 Å². The molecule has 94 valence electrons. The Morgan fingerprint density at radius 1 is 1.39 bits per heavy atom. The molecule has 2 unspecified atom stereocenters. The number of benzene rings is 1. The fourth-order valence-electron chi connectivity index (χ4n) is 2.60. The summed E-state index contributed by atoms with van der Waals surface area (Å²) in [6.07, 6.45) is 2.52. The number of nitrogens with two attached hydrogens (primary N) is 1. The van der Waals surface area contributed by atoms with Gasteiger partial charge in [-0.1, -0.05) is 23.7 Å². The molecule has 1 fully saturated rings. The number of hydrogen-bond donors (Lipinski definition) is 1. The maximum atomic E-state index is 12.3. The topological polar surface area (TPSA) is 56.2 Å². The molecule has 3 rings (SSSR count). The predicted molar refractivity (Wildman–Crippen MR) is 70.9 cm³/mol. The van der Waals surface area contributed by atoms with Crippen LogP contribution in [0.1, 0.15) is 29.8 Å². The van der Waals surface area contributed by atoms with Gasteiger partial charge in [0.15, 0.2) is 11.3 Å². The fraction of sp³-hybridized carbons (Fsp3) is 0.357. The second-order valence-corrected chi connectivity index (χ2v) is 5.31. The van der Waals surface area contributed by atoms with E-state index in [9.17, 15) is 4.79 Å². The van der Waals surface area contributed by atoms with Crippen LogP contribution in [0.15, 0.2) is 28.7 Å². The van der Waals surface area contributed by atoms with E-state index in [0.717, 1.165) is 24.6 Å². The Morgan fingerprint density at radius 2 is 2.22 bits per heavy atom. The van der Waals surface area contributed by atoms with E-state index < -0.39 is 0 Å². The van der Waals surface area contributed by atoms with Crippen LogP contribution in [0.2, 0.25) is 5.02 Å². The third-order valence-corrected chi connectivity index (χ3v) is 3.88. The van der Waals surface area contributed by atoms with E-state index in [1.807, 2.05) is 12.1 Å². The number of carbonyl (C=O) groups excluding carboxylic acids is 1. The number of fused-ring (bicyclic) bond motifs is 1. The highest BCUT2D eigenvalue weighted by Gasteiger charge is 2.30. The Hall–Kier alpha value is -1.32. The highest BCUT2D eigenvalue weighted by atomic mass is 35.5. The average Bonchev–Trinajstić information content (AvgIpc) is 2.95. The van der Waals surface area contributed by atoms with Crippen molar-refractivity contribution in [3.63, 3.8) is 0 Å². The zero-order valence-electron chi connectivity index (χ0n) is 9.86. The molecular formula is C14H14ClNO2. The Morgan fingerprint density at radius 3 is 2.89 bits per heavy atom. The maximum Gasteiger partial charge on any atom is 0.201 e. The molecule has 2 atom stereocenters. The quantitative estimate of drug-likeness (QED) is 0.845. The second kappa shape index (κ2) is 4.41. The molecular weight excluding hydrogens is 250 g/mol. The normalized spacial score (nSPS) is 23.7. The number of Topliss-reactive ketones (excluding diaryl/α,β-unsaturated/α-hetero) is 1. The number of halogens is 1. The summed E-state index contributed by atoms with van der Waals surface area (Å²) in [5, 5.41) is 1.41. The van der Waals surface area contributed by atoms with Gasteiger partial charge in [0.2, 0.25) is 5.78 Å². The Balaban J connectivity index is 1.95. The molecule has 0 aliphatic heterocycles. The van der Waals surface area contributed by atoms with Crippen molar-refractivity contribution in [2.75, 3.05) is 0 Å². The highest BCUT2D eigenvalue weighted by molar-refractivity contribution is 6.34. The largest absolute Gasteiger partial charge is 0.451 e. The standard InChI is InChI=1S/C14H14ClNO2/c15-11-3-1-2-9-7-12(18-14(9)11)13(17)8-4-5-10(16)6-8/h1-3,7-8,10H,4-6,16H2. The summed E-state index contributed by atoms with van der Waals surface area (Å²) in [7, 11) is 0. The summed E-state index contributed by atoms with van der Waals surface area (Å²) in [5.41, 5.74) is 6.42. The molecule has 1 heterocycles. The number of hydrogen-bond acceptors (Lipinski definition) is 3. The van der Waals surface area contributed by atoms with Crippen molar-refractivity contribution in [2.24, 2.45) is 11.7 Å². The molecule has 0 saturated heterocycles. The number of carbonyl (C=O) groups is 1. The number of para-hydroxylation sites is 1. The summed E-state index contributed by atoms with van der Waals surface area (Å²) in [6.45, 7) is 0. The first-order valence-electron chi connectivity index (χ1n) is 6.13. The lowest BCUT2D eigenvalue weighted by molar-refractivity contribution is 0.0895. The molecule has 18 heavy (non-hydrogen) atoms. The Kier molecular flexibility index (Phi) is 2.88. The SMILES string of the molecule is NC1CCC(C(=O)c2cc3cccc(Cl)c3o2)C1. The first kappa shape index (κ1) is 11.8. The maximum absolute atomic E-state index is 12.3. The van der Waals surface area contributed by atoms with Crippen LogP contribution in [-0.2, 0) is 0 Å². The zero-order valence-corrected chi connectivity index (χ0v) is 10.6. The van der Waals surface area contributed by atoms with Gasteiger partial charge in [-0.05, 0) is 31.4 Å². The molecule has 2 N–H and O–H groups in total. The lowest BCUT2D eigenvalue weighted by Crippen LogP contribution is -2.17. The molecule has 0 spiro atoms. The van der Waals surface area contributed by atoms with E-state index in [0.29, 0.717) is 16.4 Å². The first-order chi connectivity index (χ1) is 8.65. The van der Waals surface area contributed by atoms with Crippen molar-refractivity contribution < 1.29 is 9.21 Å². The molecule has 3 nitrogen and oxygen atoms in total. The molecule has 1 aromatic carbocycles. The van der Waals surface area contributed by atoms with Gasteiger partial charge in [-0.3, -0.25) is 4.79 Å². The lowest BCUT2D eigenvalue weighted by atomic mass is 10.0. The van der Waals surface area contributed by atoms with Gasteiger partial charge in [0.1, 0.15) is 0 Å². The van der Waals surface area contributed by atoms with Crippen LogP contribution in [0, 0.1) is 5.92 Å². The third kappa shape index (κ3) is 1.93. The van der Waals surface area contributed by atoms with Gasteiger partial charge < -0.3 is 10.2 Å². The van der Waals surface area contributed by atoms with Crippen LogP contribution in [0.5, 0.6) is 0 Å². The molecule has 1 saturated carbocycles. The molecule has 4 heteroatoms. The molecule has 0 amide bonds. The van der Waals surface area contributed by atoms with E-state index in [4.69, 9.17) is 21.8 Å². The second-order valence-electron chi connectivity index (χ2n) is 4.90. The van der Waals surface area contributed by atoms with Gasteiger partial charge in [-0.2, -0.15) is 0 Å².